The van der Waals surface area contributed by atoms with Crippen LogP contribution in [-0.4, -0.2) is 33.6 Å². The van der Waals surface area contributed by atoms with E-state index in [9.17, 15) is 9.90 Å². The molecule has 1 aliphatic heterocycles. The minimum Gasteiger partial charge on any atom is -0.478 e. The lowest BCUT2D eigenvalue weighted by Crippen LogP contribution is -2.28. The highest BCUT2D eigenvalue weighted by Crippen LogP contribution is 2.34. The van der Waals surface area contributed by atoms with Crippen molar-refractivity contribution in [3.63, 3.8) is 0 Å². The van der Waals surface area contributed by atoms with E-state index in [1.54, 1.807) is 30.7 Å². The van der Waals surface area contributed by atoms with Gasteiger partial charge in [-0.25, -0.2) is 14.8 Å². The predicted octanol–water partition coefficient (Wildman–Crippen LogP) is 3.58. The van der Waals surface area contributed by atoms with Gasteiger partial charge >= 0.3 is 5.97 Å². The van der Waals surface area contributed by atoms with Gasteiger partial charge in [0.25, 0.3) is 0 Å². The van der Waals surface area contributed by atoms with Crippen LogP contribution in [0.15, 0.2) is 41.2 Å². The van der Waals surface area contributed by atoms with Gasteiger partial charge < -0.3 is 14.4 Å². The Hall–Kier alpha value is -2.89. The molecule has 2 aromatic heterocycles. The molecule has 3 aromatic rings. The Balaban J connectivity index is 1.94. The van der Waals surface area contributed by atoms with Crippen molar-refractivity contribution >= 4 is 22.8 Å². The molecule has 3 heterocycles. The molecular formula is C18H17N3O3. The maximum absolute atomic E-state index is 11.2. The molecule has 24 heavy (non-hydrogen) atoms. The van der Waals surface area contributed by atoms with Crippen LogP contribution in [0.3, 0.4) is 0 Å². The summed E-state index contributed by atoms with van der Waals surface area (Å²) < 4.78 is 5.21. The number of carboxylic acid groups (broad SMARTS) is 1. The van der Waals surface area contributed by atoms with E-state index in [1.807, 2.05) is 6.07 Å². The molecule has 6 nitrogen and oxygen atoms in total. The van der Waals surface area contributed by atoms with Gasteiger partial charge in [0, 0.05) is 18.2 Å². The summed E-state index contributed by atoms with van der Waals surface area (Å²) in [6.45, 7) is 3.09. The maximum Gasteiger partial charge on any atom is 0.335 e. The number of hydrogen-bond acceptors (Lipinski definition) is 5. The second-order valence-electron chi connectivity index (χ2n) is 6.10. The van der Waals surface area contributed by atoms with Crippen LogP contribution in [0, 0.1) is 0 Å². The molecule has 1 aromatic carbocycles. The molecule has 0 amide bonds. The first-order valence-corrected chi connectivity index (χ1v) is 7.98. The highest BCUT2D eigenvalue weighted by molar-refractivity contribution is 5.93. The SMILES string of the molecule is CC1CCCN1c1nc2cc(C(=O)O)ccc2nc1-c1ccoc1. The number of nitrogens with zero attached hydrogens (tertiary/aromatic N) is 3. The fourth-order valence-electron chi connectivity index (χ4n) is 3.22. The number of anilines is 1. The normalized spacial score (nSPS) is 17.5. The van der Waals surface area contributed by atoms with Gasteiger partial charge in [-0.15, -0.1) is 0 Å². The van der Waals surface area contributed by atoms with Gasteiger partial charge in [0.2, 0.25) is 0 Å². The molecule has 6 heteroatoms. The van der Waals surface area contributed by atoms with Gasteiger partial charge in [-0.2, -0.15) is 0 Å². The van der Waals surface area contributed by atoms with Gasteiger partial charge in [0.1, 0.15) is 5.69 Å². The average Bonchev–Trinajstić information content (AvgIpc) is 3.24. The molecule has 1 aliphatic rings. The Morgan fingerprint density at radius 3 is 2.83 bits per heavy atom. The van der Waals surface area contributed by atoms with Crippen molar-refractivity contribution in [1.82, 2.24) is 9.97 Å². The number of fused-ring (bicyclic) bond motifs is 1. The highest BCUT2D eigenvalue weighted by Gasteiger charge is 2.26. The smallest absolute Gasteiger partial charge is 0.335 e. The zero-order chi connectivity index (χ0) is 16.7. The third-order valence-corrected chi connectivity index (χ3v) is 4.51. The van der Waals surface area contributed by atoms with Crippen molar-refractivity contribution in [3.05, 3.63) is 42.4 Å². The predicted molar refractivity (Wildman–Crippen MR) is 90.2 cm³/mol. The Morgan fingerprint density at radius 1 is 1.29 bits per heavy atom. The molecule has 1 unspecified atom stereocenters. The lowest BCUT2D eigenvalue weighted by atomic mass is 10.1. The number of furan rings is 1. The van der Waals surface area contributed by atoms with E-state index in [1.165, 1.54) is 0 Å². The molecule has 0 saturated carbocycles. The molecule has 4 rings (SSSR count). The van der Waals surface area contributed by atoms with Crippen LogP contribution >= 0.6 is 0 Å². The van der Waals surface area contributed by atoms with Gasteiger partial charge in [0.15, 0.2) is 5.82 Å². The van der Waals surface area contributed by atoms with Crippen LogP contribution in [0.2, 0.25) is 0 Å². The molecule has 1 N–H and O–H groups in total. The van der Waals surface area contributed by atoms with Crippen LogP contribution in [0.25, 0.3) is 22.3 Å². The summed E-state index contributed by atoms with van der Waals surface area (Å²) in [5.74, 6) is -0.176. The minimum absolute atomic E-state index is 0.216. The summed E-state index contributed by atoms with van der Waals surface area (Å²) in [5, 5.41) is 9.20. The number of aromatic nitrogens is 2. The Labute approximate surface area is 138 Å². The highest BCUT2D eigenvalue weighted by atomic mass is 16.4. The van der Waals surface area contributed by atoms with Gasteiger partial charge in [-0.1, -0.05) is 0 Å². The number of carbonyl (C=O) groups is 1. The van der Waals surface area contributed by atoms with Crippen LogP contribution < -0.4 is 4.90 Å². The molecule has 0 radical (unpaired) electrons. The Bertz CT molecular complexity index is 905. The summed E-state index contributed by atoms with van der Waals surface area (Å²) >= 11 is 0. The van der Waals surface area contributed by atoms with Crippen LogP contribution in [-0.2, 0) is 0 Å². The average molecular weight is 323 g/mol. The molecule has 0 spiro atoms. The van der Waals surface area contributed by atoms with Crippen LogP contribution in [0.4, 0.5) is 5.82 Å². The topological polar surface area (TPSA) is 79.5 Å². The van der Waals surface area contributed by atoms with E-state index in [-0.39, 0.29) is 5.56 Å². The third-order valence-electron chi connectivity index (χ3n) is 4.51. The monoisotopic (exact) mass is 323 g/mol. The molecule has 0 bridgehead atoms. The molecule has 122 valence electrons. The van der Waals surface area contributed by atoms with Crippen molar-refractivity contribution in [1.29, 1.82) is 0 Å². The maximum atomic E-state index is 11.2. The second-order valence-corrected chi connectivity index (χ2v) is 6.10. The second kappa shape index (κ2) is 5.63. The van der Waals surface area contributed by atoms with E-state index in [0.29, 0.717) is 17.1 Å². The van der Waals surface area contributed by atoms with Gasteiger partial charge in [-0.05, 0) is 44.0 Å². The number of benzene rings is 1. The fraction of sp³-hybridized carbons (Fsp3) is 0.278. The van der Waals surface area contributed by atoms with Crippen LogP contribution in [0.1, 0.15) is 30.1 Å². The number of rotatable bonds is 3. The molecule has 0 aliphatic carbocycles. The summed E-state index contributed by atoms with van der Waals surface area (Å²) in [4.78, 5) is 23.0. The van der Waals surface area contributed by atoms with Crippen molar-refractivity contribution in [3.8, 4) is 11.3 Å². The first kappa shape index (κ1) is 14.7. The van der Waals surface area contributed by atoms with E-state index < -0.39 is 5.97 Å². The standard InChI is InChI=1S/C18H17N3O3/c1-11-3-2-7-21(11)17-16(13-6-8-24-10-13)19-14-5-4-12(18(22)23)9-15(14)20-17/h4-6,8-11H,2-3,7H2,1H3,(H,22,23). The first-order valence-electron chi connectivity index (χ1n) is 7.98. The summed E-state index contributed by atoms with van der Waals surface area (Å²) in [6.07, 6.45) is 5.50. The Kier molecular flexibility index (Phi) is 3.45. The van der Waals surface area contributed by atoms with E-state index in [0.717, 1.165) is 36.5 Å². The zero-order valence-corrected chi connectivity index (χ0v) is 13.3. The molecule has 1 fully saturated rings. The summed E-state index contributed by atoms with van der Waals surface area (Å²) in [6, 6.07) is 7.08. The largest absolute Gasteiger partial charge is 0.478 e. The van der Waals surface area contributed by atoms with Gasteiger partial charge in [-0.3, -0.25) is 0 Å². The van der Waals surface area contributed by atoms with E-state index in [4.69, 9.17) is 14.4 Å². The molecule has 1 atom stereocenters. The number of aromatic carboxylic acids is 1. The number of carboxylic acids is 1. The zero-order valence-electron chi connectivity index (χ0n) is 13.3. The quantitative estimate of drug-likeness (QED) is 0.793. The summed E-state index contributed by atoms with van der Waals surface area (Å²) in [7, 11) is 0. The summed E-state index contributed by atoms with van der Waals surface area (Å²) in [5.41, 5.74) is 3.13. The molecule has 1 saturated heterocycles. The lowest BCUT2D eigenvalue weighted by Gasteiger charge is -2.24. The van der Waals surface area contributed by atoms with Gasteiger partial charge in [0.05, 0.1) is 29.1 Å². The molecular weight excluding hydrogens is 306 g/mol. The number of hydrogen-bond donors (Lipinski definition) is 1. The lowest BCUT2D eigenvalue weighted by molar-refractivity contribution is 0.0697. The minimum atomic E-state index is -0.964. The van der Waals surface area contributed by atoms with Crippen molar-refractivity contribution in [2.75, 3.05) is 11.4 Å². The van der Waals surface area contributed by atoms with Crippen molar-refractivity contribution in [2.24, 2.45) is 0 Å². The van der Waals surface area contributed by atoms with Crippen molar-refractivity contribution in [2.45, 2.75) is 25.8 Å². The van der Waals surface area contributed by atoms with E-state index >= 15 is 0 Å². The van der Waals surface area contributed by atoms with Crippen LogP contribution in [0.5, 0.6) is 0 Å². The van der Waals surface area contributed by atoms with Crippen molar-refractivity contribution < 1.29 is 14.3 Å². The van der Waals surface area contributed by atoms with E-state index in [2.05, 4.69) is 11.8 Å². The first-order chi connectivity index (χ1) is 11.6. The fourth-order valence-corrected chi connectivity index (χ4v) is 3.22. The third kappa shape index (κ3) is 2.40. The Morgan fingerprint density at radius 2 is 2.17 bits per heavy atom.